The van der Waals surface area contributed by atoms with Gasteiger partial charge in [0.25, 0.3) is 0 Å². The lowest BCUT2D eigenvalue weighted by atomic mass is 10.1. The molecule has 1 amide bonds. The molecule has 1 aromatic carbocycles. The van der Waals surface area contributed by atoms with Crippen LogP contribution >= 0.6 is 0 Å². The van der Waals surface area contributed by atoms with Crippen LogP contribution < -0.4 is 5.32 Å². The number of allylic oxidation sites excluding steroid dienone is 1. The Labute approximate surface area is 193 Å². The molecule has 176 valence electrons. The summed E-state index contributed by atoms with van der Waals surface area (Å²) in [6.45, 7) is 11.1. The number of rotatable bonds is 7. The first kappa shape index (κ1) is 25.5. The molecular weight excluding hydrogens is 400 g/mol. The van der Waals surface area contributed by atoms with Crippen molar-refractivity contribution in [2.45, 2.75) is 40.7 Å². The van der Waals surface area contributed by atoms with Crippen molar-refractivity contribution in [3.05, 3.63) is 47.3 Å². The van der Waals surface area contributed by atoms with Crippen molar-refractivity contribution in [3.63, 3.8) is 0 Å². The highest BCUT2D eigenvalue weighted by Crippen LogP contribution is 2.28. The fourth-order valence-electron chi connectivity index (χ4n) is 3.74. The van der Waals surface area contributed by atoms with E-state index in [4.69, 9.17) is 0 Å². The van der Waals surface area contributed by atoms with Gasteiger partial charge in [0.1, 0.15) is 0 Å². The highest BCUT2D eigenvalue weighted by Gasteiger charge is 2.25. The Morgan fingerprint density at radius 1 is 1.12 bits per heavy atom. The first-order valence-electron chi connectivity index (χ1n) is 11.5. The molecule has 0 bridgehead atoms. The van der Waals surface area contributed by atoms with Gasteiger partial charge >= 0.3 is 0 Å². The van der Waals surface area contributed by atoms with Crippen molar-refractivity contribution in [2.24, 2.45) is 7.05 Å². The maximum Gasteiger partial charge on any atom is 0.219 e. The Morgan fingerprint density at radius 2 is 1.78 bits per heavy atom. The van der Waals surface area contributed by atoms with Crippen LogP contribution in [0.4, 0.5) is 11.5 Å². The zero-order valence-electron chi connectivity index (χ0n) is 21.1. The van der Waals surface area contributed by atoms with Crippen molar-refractivity contribution >= 4 is 23.0 Å². The molecule has 0 aliphatic carbocycles. The number of aryl methyl sites for hydroxylation is 1. The lowest BCUT2D eigenvalue weighted by Gasteiger charge is -2.26. The summed E-state index contributed by atoms with van der Waals surface area (Å²) in [5.41, 5.74) is 5.74. The molecular formula is C25H40N6O. The quantitative estimate of drug-likeness (QED) is 0.707. The van der Waals surface area contributed by atoms with Gasteiger partial charge < -0.3 is 20.0 Å². The lowest BCUT2D eigenvalue weighted by molar-refractivity contribution is -0.129. The molecule has 0 unspecified atom stereocenters. The second kappa shape index (κ2) is 11.7. The SMILES string of the molecule is CC.CC(=O)N1CCc2c(c(Nc3ccc(/C(C)=C/N(C)CCN(C)C)cc3)nn2C)C1. The number of hydrogen-bond acceptors (Lipinski definition) is 5. The lowest BCUT2D eigenvalue weighted by Crippen LogP contribution is -2.34. The van der Waals surface area contributed by atoms with E-state index in [1.165, 1.54) is 16.8 Å². The molecule has 7 heteroatoms. The highest BCUT2D eigenvalue weighted by atomic mass is 16.2. The van der Waals surface area contributed by atoms with Crippen LogP contribution in [-0.4, -0.2) is 71.2 Å². The predicted molar refractivity (Wildman–Crippen MR) is 134 cm³/mol. The van der Waals surface area contributed by atoms with E-state index in [0.717, 1.165) is 43.1 Å². The van der Waals surface area contributed by atoms with Gasteiger partial charge in [-0.15, -0.1) is 0 Å². The fraction of sp³-hybridized carbons (Fsp3) is 0.520. The van der Waals surface area contributed by atoms with Crippen molar-refractivity contribution in [1.82, 2.24) is 24.5 Å². The molecule has 32 heavy (non-hydrogen) atoms. The van der Waals surface area contributed by atoms with Gasteiger partial charge in [-0.1, -0.05) is 26.0 Å². The summed E-state index contributed by atoms with van der Waals surface area (Å²) in [7, 11) is 8.26. The number of nitrogens with one attached hydrogen (secondary N) is 1. The minimum atomic E-state index is 0.109. The van der Waals surface area contributed by atoms with E-state index in [1.54, 1.807) is 6.92 Å². The second-order valence-electron chi connectivity index (χ2n) is 8.39. The first-order chi connectivity index (χ1) is 15.2. The van der Waals surface area contributed by atoms with Gasteiger partial charge in [-0.25, -0.2) is 0 Å². The van der Waals surface area contributed by atoms with Crippen LogP contribution in [0.3, 0.4) is 0 Å². The summed E-state index contributed by atoms with van der Waals surface area (Å²) >= 11 is 0. The summed E-state index contributed by atoms with van der Waals surface area (Å²) in [5, 5.41) is 8.11. The third-order valence-corrected chi connectivity index (χ3v) is 5.60. The van der Waals surface area contributed by atoms with Crippen LogP contribution in [0.2, 0.25) is 0 Å². The second-order valence-corrected chi connectivity index (χ2v) is 8.39. The van der Waals surface area contributed by atoms with Gasteiger partial charge in [-0.05, 0) is 44.3 Å². The Hall–Kier alpha value is -2.80. The van der Waals surface area contributed by atoms with Gasteiger partial charge in [0.05, 0.1) is 6.54 Å². The Bertz CT molecular complexity index is 913. The highest BCUT2D eigenvalue weighted by molar-refractivity contribution is 5.74. The predicted octanol–water partition coefficient (Wildman–Crippen LogP) is 3.95. The van der Waals surface area contributed by atoms with E-state index in [1.807, 2.05) is 30.5 Å². The van der Waals surface area contributed by atoms with E-state index >= 15 is 0 Å². The average molecular weight is 441 g/mol. The van der Waals surface area contributed by atoms with Crippen LogP contribution in [0.1, 0.15) is 44.5 Å². The van der Waals surface area contributed by atoms with Crippen LogP contribution in [0, 0.1) is 0 Å². The molecule has 0 spiro atoms. The molecule has 1 aliphatic heterocycles. The van der Waals surface area contributed by atoms with Gasteiger partial charge in [0.15, 0.2) is 5.82 Å². The molecule has 1 aliphatic rings. The number of likely N-dealkylation sites (N-methyl/N-ethyl adjacent to an activating group) is 2. The van der Waals surface area contributed by atoms with Gasteiger partial charge in [-0.3, -0.25) is 9.48 Å². The molecule has 1 aromatic heterocycles. The number of aromatic nitrogens is 2. The van der Waals surface area contributed by atoms with Crippen LogP contribution in [0.25, 0.3) is 5.57 Å². The third-order valence-electron chi connectivity index (χ3n) is 5.60. The molecule has 3 rings (SSSR count). The fourth-order valence-corrected chi connectivity index (χ4v) is 3.74. The summed E-state index contributed by atoms with van der Waals surface area (Å²) in [6, 6.07) is 8.43. The Morgan fingerprint density at radius 3 is 2.38 bits per heavy atom. The zero-order valence-corrected chi connectivity index (χ0v) is 21.1. The van der Waals surface area contributed by atoms with Crippen LogP contribution in [0.15, 0.2) is 30.5 Å². The van der Waals surface area contributed by atoms with E-state index < -0.39 is 0 Å². The number of nitrogens with zero attached hydrogens (tertiary/aromatic N) is 5. The number of carbonyl (C=O) groups is 1. The normalized spacial score (nSPS) is 13.4. The summed E-state index contributed by atoms with van der Waals surface area (Å²) in [5.74, 6) is 0.944. The maximum absolute atomic E-state index is 11.8. The number of anilines is 2. The first-order valence-corrected chi connectivity index (χ1v) is 11.5. The topological polar surface area (TPSA) is 56.6 Å². The van der Waals surface area contributed by atoms with Gasteiger partial charge in [-0.2, -0.15) is 5.10 Å². The molecule has 0 saturated heterocycles. The molecule has 0 radical (unpaired) electrons. The number of fused-ring (bicyclic) bond motifs is 1. The average Bonchev–Trinajstić information content (AvgIpc) is 3.08. The zero-order chi connectivity index (χ0) is 23.8. The molecule has 0 saturated carbocycles. The third kappa shape index (κ3) is 6.60. The summed E-state index contributed by atoms with van der Waals surface area (Å²) < 4.78 is 1.93. The molecule has 0 fully saturated rings. The van der Waals surface area contributed by atoms with Gasteiger partial charge in [0.2, 0.25) is 5.91 Å². The van der Waals surface area contributed by atoms with Crippen molar-refractivity contribution < 1.29 is 4.79 Å². The van der Waals surface area contributed by atoms with E-state index in [9.17, 15) is 4.79 Å². The van der Waals surface area contributed by atoms with Crippen molar-refractivity contribution in [3.8, 4) is 0 Å². The summed E-state index contributed by atoms with van der Waals surface area (Å²) in [4.78, 5) is 18.1. The number of amides is 1. The largest absolute Gasteiger partial charge is 0.379 e. The minimum absolute atomic E-state index is 0.109. The van der Waals surface area contributed by atoms with Crippen LogP contribution in [-0.2, 0) is 24.8 Å². The monoisotopic (exact) mass is 440 g/mol. The number of benzene rings is 1. The van der Waals surface area contributed by atoms with E-state index in [0.29, 0.717) is 6.54 Å². The van der Waals surface area contributed by atoms with Crippen molar-refractivity contribution in [2.75, 3.05) is 46.1 Å². The minimum Gasteiger partial charge on any atom is -0.379 e. The smallest absolute Gasteiger partial charge is 0.219 e. The molecule has 7 nitrogen and oxygen atoms in total. The molecule has 1 N–H and O–H groups in total. The van der Waals surface area contributed by atoms with E-state index in [2.05, 4.69) is 78.7 Å². The molecule has 2 heterocycles. The summed E-state index contributed by atoms with van der Waals surface area (Å²) in [6.07, 6.45) is 3.03. The van der Waals surface area contributed by atoms with Crippen molar-refractivity contribution in [1.29, 1.82) is 0 Å². The number of hydrogen-bond donors (Lipinski definition) is 1. The molecule has 2 aromatic rings. The number of carbonyl (C=O) groups excluding carboxylic acids is 1. The maximum atomic E-state index is 11.8. The van der Waals surface area contributed by atoms with Gasteiger partial charge in [0, 0.05) is 70.2 Å². The standard InChI is InChI=1S/C23H34N6O.C2H6/c1-17(15-27(5)14-13-26(3)4)19-7-9-20(10-8-19)24-23-21-16-29(18(2)30)12-11-22(21)28(6)25-23;1-2/h7-10,15H,11-14,16H2,1-6H3,(H,24,25);1-2H3/b17-15+;. The Kier molecular flexibility index (Phi) is 9.32. The molecule has 0 atom stereocenters. The van der Waals surface area contributed by atoms with Crippen LogP contribution in [0.5, 0.6) is 0 Å². The van der Waals surface area contributed by atoms with E-state index in [-0.39, 0.29) is 5.91 Å². The Balaban J connectivity index is 0.00000176.